The molecular weight excluding hydrogens is 416 g/mol. The number of esters is 1. The molecule has 6 heteroatoms. The maximum absolute atomic E-state index is 13.1. The Labute approximate surface area is 194 Å². The summed E-state index contributed by atoms with van der Waals surface area (Å²) in [5.74, 6) is -0.00166. The van der Waals surface area contributed by atoms with E-state index in [4.69, 9.17) is 9.47 Å². The van der Waals surface area contributed by atoms with Gasteiger partial charge in [0.05, 0.1) is 13.2 Å². The van der Waals surface area contributed by atoms with Gasteiger partial charge in [-0.3, -0.25) is 4.79 Å². The van der Waals surface area contributed by atoms with Gasteiger partial charge in [-0.1, -0.05) is 72.8 Å². The lowest BCUT2D eigenvalue weighted by molar-refractivity contribution is -0.149. The van der Waals surface area contributed by atoms with Crippen LogP contribution in [0.5, 0.6) is 5.75 Å². The Morgan fingerprint density at radius 2 is 1.30 bits per heavy atom. The average molecular weight is 447 g/mol. The van der Waals surface area contributed by atoms with Crippen molar-refractivity contribution < 1.29 is 19.1 Å². The molecule has 0 aliphatic heterocycles. The van der Waals surface area contributed by atoms with E-state index in [2.05, 4.69) is 10.6 Å². The first-order valence-electron chi connectivity index (χ1n) is 10.9. The molecule has 0 saturated heterocycles. The van der Waals surface area contributed by atoms with Gasteiger partial charge in [0.25, 0.3) is 0 Å². The Bertz CT molecular complexity index is 1010. The molecule has 172 valence electrons. The summed E-state index contributed by atoms with van der Waals surface area (Å²) in [5.41, 5.74) is 2.81. The molecular formula is C27H30N2O4. The number of benzene rings is 3. The highest BCUT2D eigenvalue weighted by Gasteiger charge is 2.26. The van der Waals surface area contributed by atoms with Crippen molar-refractivity contribution in [3.63, 3.8) is 0 Å². The number of likely N-dealkylation sites (N-methyl/N-ethyl adjacent to an activating group) is 1. The number of rotatable bonds is 11. The lowest BCUT2D eigenvalue weighted by Gasteiger charge is -2.22. The van der Waals surface area contributed by atoms with Crippen molar-refractivity contribution in [1.82, 2.24) is 10.6 Å². The Balaban J connectivity index is 1.71. The van der Waals surface area contributed by atoms with E-state index in [9.17, 15) is 9.59 Å². The standard InChI is InChI=1S/C27H30N2O4/c1-28-24(17-20-9-5-3-6-10-20)26(30)29-25(18-21-13-15-23(32-2)16-14-21)27(31)33-19-22-11-7-4-8-12-22/h3-16,24-25,28H,17-19H2,1-2H3,(H,29,30)/t24-,25-/m0/s1. The molecule has 0 aliphatic carbocycles. The molecule has 1 amide bonds. The zero-order chi connectivity index (χ0) is 23.5. The minimum atomic E-state index is -0.818. The van der Waals surface area contributed by atoms with E-state index in [1.54, 1.807) is 14.2 Å². The van der Waals surface area contributed by atoms with Crippen molar-refractivity contribution in [2.24, 2.45) is 0 Å². The van der Waals surface area contributed by atoms with Gasteiger partial charge < -0.3 is 20.1 Å². The molecule has 0 fully saturated rings. The number of carbonyl (C=O) groups excluding carboxylic acids is 2. The zero-order valence-corrected chi connectivity index (χ0v) is 19.0. The molecule has 33 heavy (non-hydrogen) atoms. The number of hydrogen-bond donors (Lipinski definition) is 2. The highest BCUT2D eigenvalue weighted by molar-refractivity contribution is 5.88. The van der Waals surface area contributed by atoms with Gasteiger partial charge in [-0.25, -0.2) is 4.79 Å². The Hall–Kier alpha value is -3.64. The van der Waals surface area contributed by atoms with Gasteiger partial charge in [-0.05, 0) is 42.3 Å². The second-order valence-electron chi connectivity index (χ2n) is 7.74. The lowest BCUT2D eigenvalue weighted by Crippen LogP contribution is -2.51. The van der Waals surface area contributed by atoms with Crippen LogP contribution in [-0.2, 0) is 33.8 Å². The fraction of sp³-hybridized carbons (Fsp3) is 0.259. The van der Waals surface area contributed by atoms with Gasteiger partial charge >= 0.3 is 5.97 Å². The number of carbonyl (C=O) groups is 2. The van der Waals surface area contributed by atoms with Crippen molar-refractivity contribution >= 4 is 11.9 Å². The summed E-state index contributed by atoms with van der Waals surface area (Å²) in [7, 11) is 3.34. The first-order valence-corrected chi connectivity index (χ1v) is 10.9. The van der Waals surface area contributed by atoms with Crippen molar-refractivity contribution in [2.75, 3.05) is 14.2 Å². The number of nitrogens with one attached hydrogen (secondary N) is 2. The molecule has 0 heterocycles. The molecule has 0 aliphatic rings. The van der Waals surface area contributed by atoms with Gasteiger partial charge in [0.2, 0.25) is 5.91 Å². The van der Waals surface area contributed by atoms with E-state index < -0.39 is 18.1 Å². The van der Waals surface area contributed by atoms with Crippen LogP contribution in [0.4, 0.5) is 0 Å². The van der Waals surface area contributed by atoms with Gasteiger partial charge in [0.15, 0.2) is 0 Å². The topological polar surface area (TPSA) is 76.7 Å². The molecule has 0 aromatic heterocycles. The summed E-state index contributed by atoms with van der Waals surface area (Å²) < 4.78 is 10.7. The summed E-state index contributed by atoms with van der Waals surface area (Å²) in [6.07, 6.45) is 0.822. The first-order chi connectivity index (χ1) is 16.1. The third-order valence-electron chi connectivity index (χ3n) is 5.37. The van der Waals surface area contributed by atoms with Crippen molar-refractivity contribution in [1.29, 1.82) is 0 Å². The maximum atomic E-state index is 13.1. The predicted octanol–water partition coefficient (Wildman–Crippen LogP) is 3.30. The van der Waals surface area contributed by atoms with Gasteiger partial charge in [0.1, 0.15) is 18.4 Å². The van der Waals surface area contributed by atoms with Crippen LogP contribution < -0.4 is 15.4 Å². The van der Waals surface area contributed by atoms with Crippen molar-refractivity contribution in [2.45, 2.75) is 31.5 Å². The van der Waals surface area contributed by atoms with E-state index in [0.29, 0.717) is 12.8 Å². The fourth-order valence-electron chi connectivity index (χ4n) is 3.47. The molecule has 2 N–H and O–H groups in total. The second kappa shape index (κ2) is 12.4. The molecule has 3 aromatic rings. The van der Waals surface area contributed by atoms with Crippen molar-refractivity contribution in [3.05, 3.63) is 102 Å². The smallest absolute Gasteiger partial charge is 0.329 e. The fourth-order valence-corrected chi connectivity index (χ4v) is 3.47. The average Bonchev–Trinajstić information content (AvgIpc) is 2.87. The van der Waals surface area contributed by atoms with E-state index >= 15 is 0 Å². The minimum Gasteiger partial charge on any atom is -0.497 e. The molecule has 3 aromatic carbocycles. The Morgan fingerprint density at radius 3 is 1.88 bits per heavy atom. The third kappa shape index (κ3) is 7.47. The van der Waals surface area contributed by atoms with Crippen LogP contribution in [0, 0.1) is 0 Å². The van der Waals surface area contributed by atoms with E-state index in [1.807, 2.05) is 84.9 Å². The minimum absolute atomic E-state index is 0.147. The zero-order valence-electron chi connectivity index (χ0n) is 19.0. The van der Waals surface area contributed by atoms with Crippen LogP contribution in [0.25, 0.3) is 0 Å². The normalized spacial score (nSPS) is 12.4. The van der Waals surface area contributed by atoms with Gasteiger partial charge in [-0.2, -0.15) is 0 Å². The maximum Gasteiger partial charge on any atom is 0.329 e. The molecule has 6 nitrogen and oxygen atoms in total. The summed E-state index contributed by atoms with van der Waals surface area (Å²) in [5, 5.41) is 5.94. The quantitative estimate of drug-likeness (QED) is 0.442. The summed E-state index contributed by atoms with van der Waals surface area (Å²) >= 11 is 0. The second-order valence-corrected chi connectivity index (χ2v) is 7.74. The summed E-state index contributed by atoms with van der Waals surface area (Å²) in [4.78, 5) is 26.0. The van der Waals surface area contributed by atoms with Gasteiger partial charge in [0, 0.05) is 6.42 Å². The molecule has 0 radical (unpaired) electrons. The van der Waals surface area contributed by atoms with Crippen LogP contribution in [0.3, 0.4) is 0 Å². The highest BCUT2D eigenvalue weighted by Crippen LogP contribution is 2.14. The molecule has 0 unspecified atom stereocenters. The summed E-state index contributed by atoms with van der Waals surface area (Å²) in [6, 6.07) is 25.3. The van der Waals surface area contributed by atoms with Crippen LogP contribution in [-0.4, -0.2) is 38.1 Å². The molecule has 0 bridgehead atoms. The SMILES string of the molecule is CN[C@@H](Cc1ccccc1)C(=O)N[C@@H](Cc1ccc(OC)cc1)C(=O)OCc1ccccc1. The number of ether oxygens (including phenoxy) is 2. The van der Waals surface area contributed by atoms with Crippen molar-refractivity contribution in [3.8, 4) is 5.75 Å². The van der Waals surface area contributed by atoms with Gasteiger partial charge in [-0.15, -0.1) is 0 Å². The highest BCUT2D eigenvalue weighted by atomic mass is 16.5. The molecule has 2 atom stereocenters. The molecule has 3 rings (SSSR count). The first kappa shape index (κ1) is 24.0. The number of methoxy groups -OCH3 is 1. The van der Waals surface area contributed by atoms with Crippen LogP contribution >= 0.6 is 0 Å². The number of amides is 1. The summed E-state index contributed by atoms with van der Waals surface area (Å²) in [6.45, 7) is 0.147. The van der Waals surface area contributed by atoms with E-state index in [-0.39, 0.29) is 12.5 Å². The monoisotopic (exact) mass is 446 g/mol. The Kier molecular flexibility index (Phi) is 9.03. The van der Waals surface area contributed by atoms with E-state index in [0.717, 1.165) is 22.4 Å². The Morgan fingerprint density at radius 1 is 0.758 bits per heavy atom. The van der Waals surface area contributed by atoms with Crippen LogP contribution in [0.15, 0.2) is 84.9 Å². The van der Waals surface area contributed by atoms with Crippen LogP contribution in [0.2, 0.25) is 0 Å². The van der Waals surface area contributed by atoms with Crippen LogP contribution in [0.1, 0.15) is 16.7 Å². The molecule has 0 spiro atoms. The lowest BCUT2D eigenvalue weighted by atomic mass is 10.0. The molecule has 0 saturated carbocycles. The third-order valence-corrected chi connectivity index (χ3v) is 5.37. The predicted molar refractivity (Wildman–Crippen MR) is 128 cm³/mol. The van der Waals surface area contributed by atoms with E-state index in [1.165, 1.54) is 0 Å². The largest absolute Gasteiger partial charge is 0.497 e. The number of hydrogen-bond acceptors (Lipinski definition) is 5.